The Morgan fingerprint density at radius 3 is 2.42 bits per heavy atom. The Bertz CT molecular complexity index is 820. The zero-order valence-electron chi connectivity index (χ0n) is 14.2. The van der Waals surface area contributed by atoms with E-state index in [1.807, 2.05) is 0 Å². The van der Waals surface area contributed by atoms with Crippen molar-refractivity contribution < 1.29 is 23.1 Å². The van der Waals surface area contributed by atoms with Gasteiger partial charge in [-0.05, 0) is 42.0 Å². The summed E-state index contributed by atoms with van der Waals surface area (Å²) in [6.45, 7) is 1.42. The monoisotopic (exact) mass is 377 g/mol. The molecule has 136 valence electrons. The van der Waals surface area contributed by atoms with Gasteiger partial charge in [-0.3, -0.25) is 9.59 Å². The molecule has 0 bridgehead atoms. The molecule has 7 heteroatoms. The second kappa shape index (κ2) is 9.15. The molecule has 1 amide bonds. The minimum Gasteiger partial charge on any atom is -0.496 e. The fraction of sp³-hybridized carbons (Fsp3) is 0.158. The van der Waals surface area contributed by atoms with E-state index in [-0.39, 0.29) is 22.3 Å². The van der Waals surface area contributed by atoms with Gasteiger partial charge in [0.05, 0.1) is 12.0 Å². The van der Waals surface area contributed by atoms with Crippen molar-refractivity contribution >= 4 is 35.2 Å². The molecule has 2 rings (SSSR count). The fourth-order valence-corrected chi connectivity index (χ4v) is 2.76. The van der Waals surface area contributed by atoms with Gasteiger partial charge in [-0.2, -0.15) is 8.78 Å². The van der Waals surface area contributed by atoms with Crippen molar-refractivity contribution in [2.24, 2.45) is 0 Å². The highest BCUT2D eigenvalue weighted by atomic mass is 32.2. The van der Waals surface area contributed by atoms with Crippen LogP contribution in [0.15, 0.2) is 53.4 Å². The second-order valence-corrected chi connectivity index (χ2v) is 6.28. The zero-order chi connectivity index (χ0) is 19.1. The first-order valence-corrected chi connectivity index (χ1v) is 8.50. The highest BCUT2D eigenvalue weighted by Crippen LogP contribution is 2.34. The quantitative estimate of drug-likeness (QED) is 0.425. The van der Waals surface area contributed by atoms with Gasteiger partial charge < -0.3 is 10.1 Å². The van der Waals surface area contributed by atoms with Crippen molar-refractivity contribution in [2.45, 2.75) is 17.6 Å². The second-order valence-electron chi connectivity index (χ2n) is 5.24. The Morgan fingerprint density at radius 1 is 1.15 bits per heavy atom. The average Bonchev–Trinajstić information content (AvgIpc) is 2.60. The van der Waals surface area contributed by atoms with Gasteiger partial charge in [0.15, 0.2) is 5.78 Å². The van der Waals surface area contributed by atoms with Crippen LogP contribution in [0.25, 0.3) is 6.08 Å². The third-order valence-electron chi connectivity index (χ3n) is 3.32. The van der Waals surface area contributed by atoms with Crippen LogP contribution < -0.4 is 10.1 Å². The summed E-state index contributed by atoms with van der Waals surface area (Å²) in [5.41, 5.74) is 1.79. The van der Waals surface area contributed by atoms with Gasteiger partial charge in [-0.25, -0.2) is 0 Å². The van der Waals surface area contributed by atoms with Gasteiger partial charge in [0.25, 0.3) is 5.76 Å². The molecule has 0 saturated heterocycles. The highest BCUT2D eigenvalue weighted by Gasteiger charge is 2.13. The fourth-order valence-electron chi connectivity index (χ4n) is 2.16. The van der Waals surface area contributed by atoms with Crippen molar-refractivity contribution in [2.75, 3.05) is 12.4 Å². The van der Waals surface area contributed by atoms with E-state index in [4.69, 9.17) is 4.74 Å². The number of hydrogen-bond donors (Lipinski definition) is 1. The largest absolute Gasteiger partial charge is 0.496 e. The van der Waals surface area contributed by atoms with Crippen LogP contribution in [-0.4, -0.2) is 24.6 Å². The molecule has 0 spiro atoms. The Kier molecular flexibility index (Phi) is 6.91. The van der Waals surface area contributed by atoms with Gasteiger partial charge in [0.1, 0.15) is 5.75 Å². The zero-order valence-corrected chi connectivity index (χ0v) is 15.0. The molecule has 0 aromatic heterocycles. The first kappa shape index (κ1) is 19.7. The molecule has 0 aliphatic carbocycles. The number of hydrogen-bond acceptors (Lipinski definition) is 4. The lowest BCUT2D eigenvalue weighted by Crippen LogP contribution is -2.05. The summed E-state index contributed by atoms with van der Waals surface area (Å²) in [5.74, 6) is -2.77. The molecule has 0 radical (unpaired) electrons. The number of ketones is 1. The predicted octanol–water partition coefficient (Wildman–Crippen LogP) is 4.86. The number of alkyl halides is 2. The van der Waals surface area contributed by atoms with Crippen LogP contribution >= 0.6 is 11.8 Å². The maximum Gasteiger partial charge on any atom is 0.289 e. The smallest absolute Gasteiger partial charge is 0.289 e. The van der Waals surface area contributed by atoms with Crippen molar-refractivity contribution in [3.05, 3.63) is 59.7 Å². The molecule has 0 aliphatic heterocycles. The summed E-state index contributed by atoms with van der Waals surface area (Å²) >= 11 is 0.368. The van der Waals surface area contributed by atoms with Crippen LogP contribution in [0.1, 0.15) is 22.8 Å². The molecule has 0 unspecified atom stereocenters. The van der Waals surface area contributed by atoms with Crippen LogP contribution in [0, 0.1) is 0 Å². The van der Waals surface area contributed by atoms with Crippen molar-refractivity contribution in [3.8, 4) is 5.75 Å². The van der Waals surface area contributed by atoms with Crippen LogP contribution in [0.3, 0.4) is 0 Å². The standard InChI is InChI=1S/C19H17F2NO3S/c1-12(23)22-15-7-3-13(4-8-15)5-9-16(24)14-6-10-18(26-19(20)21)17(11-14)25-2/h3-11,19H,1-2H3,(H,22,23). The SMILES string of the molecule is COc1cc(C(=O)C=Cc2ccc(NC(C)=O)cc2)ccc1SC(F)F. The molecule has 0 saturated carbocycles. The van der Waals surface area contributed by atoms with Gasteiger partial charge in [0, 0.05) is 18.2 Å². The van der Waals surface area contributed by atoms with E-state index in [0.717, 1.165) is 5.56 Å². The lowest BCUT2D eigenvalue weighted by atomic mass is 10.1. The van der Waals surface area contributed by atoms with E-state index in [9.17, 15) is 18.4 Å². The number of anilines is 1. The number of benzene rings is 2. The minimum absolute atomic E-state index is 0.161. The van der Waals surface area contributed by atoms with E-state index < -0.39 is 5.76 Å². The molecular weight excluding hydrogens is 360 g/mol. The van der Waals surface area contributed by atoms with Crippen molar-refractivity contribution in [1.82, 2.24) is 0 Å². The number of halogens is 2. The molecule has 26 heavy (non-hydrogen) atoms. The van der Waals surface area contributed by atoms with Crippen molar-refractivity contribution in [1.29, 1.82) is 0 Å². The highest BCUT2D eigenvalue weighted by molar-refractivity contribution is 7.99. The first-order valence-electron chi connectivity index (χ1n) is 7.62. The Hall–Kier alpha value is -2.67. The molecule has 1 N–H and O–H groups in total. The first-order chi connectivity index (χ1) is 12.4. The maximum absolute atomic E-state index is 12.5. The Balaban J connectivity index is 2.11. The summed E-state index contributed by atoms with van der Waals surface area (Å²) in [4.78, 5) is 23.5. The van der Waals surface area contributed by atoms with Crippen LogP contribution in [0.2, 0.25) is 0 Å². The predicted molar refractivity (Wildman–Crippen MR) is 99.0 cm³/mol. The van der Waals surface area contributed by atoms with E-state index >= 15 is 0 Å². The van der Waals surface area contributed by atoms with Crippen LogP contribution in [-0.2, 0) is 4.79 Å². The summed E-state index contributed by atoms with van der Waals surface area (Å²) in [7, 11) is 1.37. The summed E-state index contributed by atoms with van der Waals surface area (Å²) < 4.78 is 30.1. The van der Waals surface area contributed by atoms with E-state index in [0.29, 0.717) is 23.0 Å². The molecule has 4 nitrogen and oxygen atoms in total. The normalized spacial score (nSPS) is 11.0. The van der Waals surface area contributed by atoms with Crippen molar-refractivity contribution in [3.63, 3.8) is 0 Å². The van der Waals surface area contributed by atoms with E-state index in [1.165, 1.54) is 38.3 Å². The number of rotatable bonds is 7. The van der Waals surface area contributed by atoms with E-state index in [2.05, 4.69) is 5.32 Å². The summed E-state index contributed by atoms with van der Waals surface area (Å²) in [6, 6.07) is 11.3. The van der Waals surface area contributed by atoms with Gasteiger partial charge >= 0.3 is 0 Å². The summed E-state index contributed by atoms with van der Waals surface area (Å²) in [5, 5.41) is 2.65. The molecule has 0 fully saturated rings. The maximum atomic E-state index is 12.5. The number of ether oxygens (including phenoxy) is 1. The van der Waals surface area contributed by atoms with Gasteiger partial charge in [-0.1, -0.05) is 30.0 Å². The number of methoxy groups -OCH3 is 1. The summed E-state index contributed by atoms with van der Waals surface area (Å²) in [6.07, 6.45) is 3.02. The molecule has 0 atom stereocenters. The van der Waals surface area contributed by atoms with Gasteiger partial charge in [0.2, 0.25) is 5.91 Å². The lowest BCUT2D eigenvalue weighted by molar-refractivity contribution is -0.114. The molecule has 2 aromatic rings. The Morgan fingerprint density at radius 2 is 1.85 bits per heavy atom. The molecule has 0 aliphatic rings. The van der Waals surface area contributed by atoms with Crippen LogP contribution in [0.4, 0.5) is 14.5 Å². The number of amides is 1. The molecule has 2 aromatic carbocycles. The third kappa shape index (κ3) is 5.70. The van der Waals surface area contributed by atoms with Gasteiger partial charge in [-0.15, -0.1) is 0 Å². The average molecular weight is 377 g/mol. The Labute approximate surface area is 154 Å². The molecular formula is C19H17F2NO3S. The number of carbonyl (C=O) groups excluding carboxylic acids is 2. The third-order valence-corrected chi connectivity index (χ3v) is 4.09. The topological polar surface area (TPSA) is 55.4 Å². The molecule has 0 heterocycles. The van der Waals surface area contributed by atoms with Crippen LogP contribution in [0.5, 0.6) is 5.75 Å². The number of carbonyl (C=O) groups is 2. The lowest BCUT2D eigenvalue weighted by Gasteiger charge is -2.08. The number of thioether (sulfide) groups is 1. The number of allylic oxidation sites excluding steroid dienone is 1. The van der Waals surface area contributed by atoms with E-state index in [1.54, 1.807) is 30.3 Å². The minimum atomic E-state index is -2.56. The number of nitrogens with one attached hydrogen (secondary N) is 1.